The molecule has 2 aliphatic heterocycles. The topological polar surface area (TPSA) is 110 Å². The van der Waals surface area contributed by atoms with Gasteiger partial charge < -0.3 is 9.47 Å². The molecule has 1 aromatic rings. The van der Waals surface area contributed by atoms with Gasteiger partial charge in [0.1, 0.15) is 10.6 Å². The molecule has 2 heterocycles. The summed E-state index contributed by atoms with van der Waals surface area (Å²) < 4.78 is 38.2. The molecule has 1 aromatic carbocycles. The maximum Gasteiger partial charge on any atom is 0.309 e. The van der Waals surface area contributed by atoms with Gasteiger partial charge in [0.15, 0.2) is 0 Å². The summed E-state index contributed by atoms with van der Waals surface area (Å²) >= 11 is 0. The van der Waals surface area contributed by atoms with Crippen molar-refractivity contribution in [2.75, 3.05) is 31.7 Å². The fourth-order valence-corrected chi connectivity index (χ4v) is 5.42. The van der Waals surface area contributed by atoms with E-state index in [0.717, 1.165) is 4.90 Å². The molecule has 9 nitrogen and oxygen atoms in total. The minimum absolute atomic E-state index is 0.108. The van der Waals surface area contributed by atoms with Crippen molar-refractivity contribution in [3.8, 4) is 5.75 Å². The molecule has 0 atom stereocenters. The molecule has 0 spiro atoms. The number of hydrogen-bond donors (Lipinski definition) is 0. The number of esters is 1. The average molecular weight is 439 g/mol. The maximum atomic E-state index is 13.3. The Labute approximate surface area is 176 Å². The normalized spacial score (nSPS) is 19.1. The quantitative estimate of drug-likeness (QED) is 0.491. The molecule has 0 bridgehead atoms. The molecular weight excluding hydrogens is 412 g/mol. The molecule has 10 heteroatoms. The zero-order valence-electron chi connectivity index (χ0n) is 17.1. The molecule has 3 rings (SSSR count). The molecule has 2 aliphatic rings. The third-order valence-electron chi connectivity index (χ3n) is 5.38. The first-order chi connectivity index (χ1) is 14.3. The van der Waals surface area contributed by atoms with Crippen LogP contribution in [-0.2, 0) is 29.1 Å². The number of carbonyl (C=O) groups is 3. The van der Waals surface area contributed by atoms with E-state index in [1.165, 1.54) is 29.6 Å². The van der Waals surface area contributed by atoms with Crippen LogP contribution >= 0.6 is 0 Å². The van der Waals surface area contributed by atoms with E-state index >= 15 is 0 Å². The highest BCUT2D eigenvalue weighted by Crippen LogP contribution is 2.34. The van der Waals surface area contributed by atoms with Gasteiger partial charge in [0.05, 0.1) is 25.3 Å². The van der Waals surface area contributed by atoms with E-state index in [2.05, 4.69) is 0 Å². The Morgan fingerprint density at radius 1 is 1.13 bits per heavy atom. The van der Waals surface area contributed by atoms with Crippen molar-refractivity contribution in [3.05, 3.63) is 18.2 Å². The highest BCUT2D eigenvalue weighted by atomic mass is 32.2. The van der Waals surface area contributed by atoms with E-state index < -0.39 is 10.0 Å². The molecule has 2 fully saturated rings. The number of sulfonamides is 1. The molecule has 0 unspecified atom stereocenters. The van der Waals surface area contributed by atoms with Gasteiger partial charge in [-0.2, -0.15) is 4.31 Å². The predicted octanol–water partition coefficient (Wildman–Crippen LogP) is 1.70. The molecule has 30 heavy (non-hydrogen) atoms. The first-order valence-electron chi connectivity index (χ1n) is 10.00. The van der Waals surface area contributed by atoms with E-state index in [1.54, 1.807) is 6.92 Å². The van der Waals surface area contributed by atoms with E-state index in [1.807, 2.05) is 0 Å². The standard InChI is InChI=1S/C20H26N2O7S/c1-3-29-20(25)14-9-11-21(12-10-14)30(26,27)17-13-15(7-8-16(17)28-2)22-18(23)5-4-6-19(22)24/h7-8,13-14H,3-6,9-12H2,1-2H3. The van der Waals surface area contributed by atoms with Crippen LogP contribution in [0.5, 0.6) is 5.75 Å². The summed E-state index contributed by atoms with van der Waals surface area (Å²) in [6, 6.07) is 4.27. The van der Waals surface area contributed by atoms with Crippen molar-refractivity contribution in [2.24, 2.45) is 5.92 Å². The molecule has 0 radical (unpaired) electrons. The van der Waals surface area contributed by atoms with Crippen LogP contribution in [0.2, 0.25) is 0 Å². The number of benzene rings is 1. The van der Waals surface area contributed by atoms with Crippen LogP contribution in [0.4, 0.5) is 5.69 Å². The molecule has 0 saturated carbocycles. The van der Waals surface area contributed by atoms with Gasteiger partial charge in [-0.3, -0.25) is 19.3 Å². The predicted molar refractivity (Wildman–Crippen MR) is 107 cm³/mol. The summed E-state index contributed by atoms with van der Waals surface area (Å²) in [6.07, 6.45) is 1.69. The first-order valence-corrected chi connectivity index (χ1v) is 11.4. The van der Waals surface area contributed by atoms with Crippen LogP contribution in [0.1, 0.15) is 39.0 Å². The second-order valence-corrected chi connectivity index (χ2v) is 9.15. The minimum atomic E-state index is -3.96. The van der Waals surface area contributed by atoms with Crippen molar-refractivity contribution >= 4 is 33.5 Å². The second kappa shape index (κ2) is 9.13. The first kappa shape index (κ1) is 22.2. The van der Waals surface area contributed by atoms with E-state index in [0.29, 0.717) is 19.3 Å². The Morgan fingerprint density at radius 3 is 2.33 bits per heavy atom. The number of rotatable bonds is 6. The zero-order chi connectivity index (χ0) is 21.9. The number of hydrogen-bond acceptors (Lipinski definition) is 7. The molecule has 0 N–H and O–H groups in total. The largest absolute Gasteiger partial charge is 0.495 e. The summed E-state index contributed by atoms with van der Waals surface area (Å²) in [5.41, 5.74) is 0.213. The number of carbonyl (C=O) groups excluding carboxylic acids is 3. The van der Waals surface area contributed by atoms with Crippen LogP contribution in [-0.4, -0.2) is 57.3 Å². The Balaban J connectivity index is 1.87. The van der Waals surface area contributed by atoms with Crippen LogP contribution in [0.15, 0.2) is 23.1 Å². The summed E-state index contributed by atoms with van der Waals surface area (Å²) in [5.74, 6) is -1.21. The summed E-state index contributed by atoms with van der Waals surface area (Å²) in [5, 5.41) is 0. The van der Waals surface area contributed by atoms with Gasteiger partial charge in [0, 0.05) is 25.9 Å². The van der Waals surface area contributed by atoms with Crippen LogP contribution in [0.25, 0.3) is 0 Å². The number of methoxy groups -OCH3 is 1. The lowest BCUT2D eigenvalue weighted by Crippen LogP contribution is -2.41. The minimum Gasteiger partial charge on any atom is -0.495 e. The Morgan fingerprint density at radius 2 is 1.77 bits per heavy atom. The maximum absolute atomic E-state index is 13.3. The second-order valence-electron chi connectivity index (χ2n) is 7.24. The van der Waals surface area contributed by atoms with Gasteiger partial charge in [0.25, 0.3) is 0 Å². The Bertz CT molecular complexity index is 920. The molecule has 164 valence electrons. The van der Waals surface area contributed by atoms with Gasteiger partial charge in [-0.25, -0.2) is 8.42 Å². The molecule has 2 amide bonds. The summed E-state index contributed by atoms with van der Waals surface area (Å²) in [7, 11) is -2.60. The van der Waals surface area contributed by atoms with Crippen LogP contribution < -0.4 is 9.64 Å². The highest BCUT2D eigenvalue weighted by molar-refractivity contribution is 7.89. The SMILES string of the molecule is CCOC(=O)C1CCN(S(=O)(=O)c2cc(N3C(=O)CCCC3=O)ccc2OC)CC1. The Kier molecular flexibility index (Phi) is 6.77. The fraction of sp³-hybridized carbons (Fsp3) is 0.550. The average Bonchev–Trinajstić information content (AvgIpc) is 2.74. The number of anilines is 1. The smallest absolute Gasteiger partial charge is 0.309 e. The van der Waals surface area contributed by atoms with Crippen LogP contribution in [0, 0.1) is 5.92 Å². The number of nitrogens with zero attached hydrogens (tertiary/aromatic N) is 2. The molecule has 2 saturated heterocycles. The summed E-state index contributed by atoms with van der Waals surface area (Å²) in [4.78, 5) is 37.3. The van der Waals surface area contributed by atoms with E-state index in [4.69, 9.17) is 9.47 Å². The van der Waals surface area contributed by atoms with Crippen molar-refractivity contribution in [1.82, 2.24) is 4.31 Å². The van der Waals surface area contributed by atoms with Crippen molar-refractivity contribution in [2.45, 2.75) is 43.9 Å². The van der Waals surface area contributed by atoms with Gasteiger partial charge in [-0.1, -0.05) is 0 Å². The number of imide groups is 1. The summed E-state index contributed by atoms with van der Waals surface area (Å²) in [6.45, 7) is 2.35. The number of amides is 2. The van der Waals surface area contributed by atoms with Gasteiger partial charge in [-0.05, 0) is 44.4 Å². The van der Waals surface area contributed by atoms with Gasteiger partial charge >= 0.3 is 5.97 Å². The molecule has 0 aromatic heterocycles. The lowest BCUT2D eigenvalue weighted by atomic mass is 9.98. The van der Waals surface area contributed by atoms with Crippen LogP contribution in [0.3, 0.4) is 0 Å². The fourth-order valence-electron chi connectivity index (χ4n) is 3.78. The highest BCUT2D eigenvalue weighted by Gasteiger charge is 2.35. The lowest BCUT2D eigenvalue weighted by molar-refractivity contribution is -0.149. The lowest BCUT2D eigenvalue weighted by Gasteiger charge is -2.31. The van der Waals surface area contributed by atoms with Gasteiger partial charge in [0.2, 0.25) is 21.8 Å². The molecule has 0 aliphatic carbocycles. The third kappa shape index (κ3) is 4.34. The van der Waals surface area contributed by atoms with E-state index in [9.17, 15) is 22.8 Å². The number of ether oxygens (including phenoxy) is 2. The molecular formula is C20H26N2O7S. The third-order valence-corrected chi connectivity index (χ3v) is 7.30. The van der Waals surface area contributed by atoms with Crippen molar-refractivity contribution in [3.63, 3.8) is 0 Å². The zero-order valence-corrected chi connectivity index (χ0v) is 17.9. The monoisotopic (exact) mass is 438 g/mol. The van der Waals surface area contributed by atoms with Crippen molar-refractivity contribution in [1.29, 1.82) is 0 Å². The Hall–Kier alpha value is -2.46. The van der Waals surface area contributed by atoms with Gasteiger partial charge in [-0.15, -0.1) is 0 Å². The number of piperidine rings is 2. The van der Waals surface area contributed by atoms with Crippen molar-refractivity contribution < 1.29 is 32.3 Å². The van der Waals surface area contributed by atoms with E-state index in [-0.39, 0.29) is 72.6 Å².